The molecule has 1 amide bonds. The number of hydrogen-bond acceptors (Lipinski definition) is 5. The Hall–Kier alpha value is -2.15. The summed E-state index contributed by atoms with van der Waals surface area (Å²) in [5, 5.41) is 20.0. The van der Waals surface area contributed by atoms with Crippen LogP contribution in [0.5, 0.6) is 0 Å². The Bertz CT molecular complexity index is 503. The van der Waals surface area contributed by atoms with E-state index in [2.05, 4.69) is 0 Å². The molecule has 2 rings (SSSR count). The number of nitrogen functional groups attached to an aromatic ring is 1. The first-order valence-corrected chi connectivity index (χ1v) is 5.48. The number of rotatable bonds is 3. The molecule has 1 fully saturated rings. The molecule has 0 radical (unpaired) electrons. The maximum Gasteiger partial charge on any atom is 0.295 e. The van der Waals surface area contributed by atoms with Crippen molar-refractivity contribution >= 4 is 23.0 Å². The fraction of sp³-hybridized carbons (Fsp3) is 0.364. The molecule has 1 aliphatic rings. The molecular formula is C11H13N3O4. The number of benzene rings is 1. The van der Waals surface area contributed by atoms with Crippen molar-refractivity contribution in [2.45, 2.75) is 6.42 Å². The zero-order valence-electron chi connectivity index (χ0n) is 9.57. The Morgan fingerprint density at radius 3 is 2.83 bits per heavy atom. The van der Waals surface area contributed by atoms with E-state index in [-0.39, 0.29) is 41.9 Å². The minimum Gasteiger partial charge on any atom is -0.399 e. The number of carbonyl (C=O) groups excluding carboxylic acids is 1. The molecule has 0 aliphatic carbocycles. The van der Waals surface area contributed by atoms with Crippen molar-refractivity contribution in [2.75, 3.05) is 23.8 Å². The first kappa shape index (κ1) is 12.3. The summed E-state index contributed by atoms with van der Waals surface area (Å²) >= 11 is 0. The van der Waals surface area contributed by atoms with E-state index >= 15 is 0 Å². The van der Waals surface area contributed by atoms with Gasteiger partial charge in [-0.1, -0.05) is 0 Å². The van der Waals surface area contributed by atoms with Gasteiger partial charge >= 0.3 is 0 Å². The van der Waals surface area contributed by atoms with Crippen molar-refractivity contribution < 1.29 is 14.8 Å². The van der Waals surface area contributed by atoms with Gasteiger partial charge < -0.3 is 15.7 Å². The van der Waals surface area contributed by atoms with Gasteiger partial charge in [0.2, 0.25) is 5.91 Å². The first-order valence-electron chi connectivity index (χ1n) is 5.48. The second kappa shape index (κ2) is 4.61. The van der Waals surface area contributed by atoms with Crippen LogP contribution in [0.2, 0.25) is 0 Å². The predicted molar refractivity (Wildman–Crippen MR) is 65.1 cm³/mol. The van der Waals surface area contributed by atoms with E-state index in [0.717, 1.165) is 0 Å². The van der Waals surface area contributed by atoms with Crippen molar-refractivity contribution in [2.24, 2.45) is 5.92 Å². The highest BCUT2D eigenvalue weighted by atomic mass is 16.6. The van der Waals surface area contributed by atoms with Crippen LogP contribution in [-0.2, 0) is 4.79 Å². The third-order valence-corrected chi connectivity index (χ3v) is 2.95. The number of amides is 1. The van der Waals surface area contributed by atoms with Crippen molar-refractivity contribution in [3.63, 3.8) is 0 Å². The van der Waals surface area contributed by atoms with Crippen LogP contribution < -0.4 is 10.6 Å². The molecule has 1 aromatic rings. The van der Waals surface area contributed by atoms with Crippen LogP contribution in [0.3, 0.4) is 0 Å². The summed E-state index contributed by atoms with van der Waals surface area (Å²) in [6.07, 6.45) is 0.206. The monoisotopic (exact) mass is 251 g/mol. The van der Waals surface area contributed by atoms with Gasteiger partial charge in [0.1, 0.15) is 5.69 Å². The lowest BCUT2D eigenvalue weighted by Gasteiger charge is -2.16. The number of nitro benzene ring substituents is 1. The van der Waals surface area contributed by atoms with E-state index in [0.29, 0.717) is 6.54 Å². The normalized spacial score (nSPS) is 19.3. The lowest BCUT2D eigenvalue weighted by Crippen LogP contribution is -2.25. The molecule has 1 aromatic carbocycles. The largest absolute Gasteiger partial charge is 0.399 e. The van der Waals surface area contributed by atoms with Crippen molar-refractivity contribution in [1.29, 1.82) is 0 Å². The lowest BCUT2D eigenvalue weighted by atomic mass is 10.1. The summed E-state index contributed by atoms with van der Waals surface area (Å²) in [6, 6.07) is 4.21. The summed E-state index contributed by atoms with van der Waals surface area (Å²) in [7, 11) is 0. The predicted octanol–water partition coefficient (Wildman–Crippen LogP) is 0.522. The van der Waals surface area contributed by atoms with Crippen LogP contribution in [0.15, 0.2) is 18.2 Å². The molecule has 0 saturated carbocycles. The SMILES string of the molecule is Nc1ccc(N2CC(CO)CC2=O)c([N+](=O)[O-])c1. The summed E-state index contributed by atoms with van der Waals surface area (Å²) in [5.41, 5.74) is 5.82. The van der Waals surface area contributed by atoms with E-state index in [1.165, 1.54) is 23.1 Å². The molecule has 0 spiro atoms. The molecular weight excluding hydrogens is 238 g/mol. The Kier molecular flexibility index (Phi) is 3.15. The fourth-order valence-electron chi connectivity index (χ4n) is 2.05. The molecule has 1 heterocycles. The number of aliphatic hydroxyl groups excluding tert-OH is 1. The van der Waals surface area contributed by atoms with Gasteiger partial charge in [0.25, 0.3) is 5.69 Å². The van der Waals surface area contributed by atoms with Gasteiger partial charge in [-0.2, -0.15) is 0 Å². The van der Waals surface area contributed by atoms with Gasteiger partial charge in [-0.15, -0.1) is 0 Å². The van der Waals surface area contributed by atoms with E-state index in [4.69, 9.17) is 10.8 Å². The van der Waals surface area contributed by atoms with Crippen LogP contribution in [0.25, 0.3) is 0 Å². The third-order valence-electron chi connectivity index (χ3n) is 2.95. The number of nitrogens with two attached hydrogens (primary N) is 1. The molecule has 0 bridgehead atoms. The lowest BCUT2D eigenvalue weighted by molar-refractivity contribution is -0.384. The average Bonchev–Trinajstić information content (AvgIpc) is 2.70. The van der Waals surface area contributed by atoms with Crippen molar-refractivity contribution in [3.8, 4) is 0 Å². The Morgan fingerprint density at radius 1 is 1.56 bits per heavy atom. The molecule has 18 heavy (non-hydrogen) atoms. The van der Waals surface area contributed by atoms with Gasteiger partial charge in [0.15, 0.2) is 0 Å². The van der Waals surface area contributed by atoms with Crippen LogP contribution in [0.1, 0.15) is 6.42 Å². The van der Waals surface area contributed by atoms with E-state index in [1.54, 1.807) is 0 Å². The number of anilines is 2. The van der Waals surface area contributed by atoms with Gasteiger partial charge in [0.05, 0.1) is 4.92 Å². The summed E-state index contributed by atoms with van der Waals surface area (Å²) in [5.74, 6) is -0.392. The van der Waals surface area contributed by atoms with Crippen LogP contribution in [0.4, 0.5) is 17.1 Å². The summed E-state index contributed by atoms with van der Waals surface area (Å²) in [6.45, 7) is 0.186. The third kappa shape index (κ3) is 2.12. The summed E-state index contributed by atoms with van der Waals surface area (Å²) < 4.78 is 0. The molecule has 7 heteroatoms. The van der Waals surface area contributed by atoms with Crippen molar-refractivity contribution in [3.05, 3.63) is 28.3 Å². The zero-order chi connectivity index (χ0) is 13.3. The molecule has 96 valence electrons. The Morgan fingerprint density at radius 2 is 2.28 bits per heavy atom. The molecule has 1 unspecified atom stereocenters. The molecule has 7 nitrogen and oxygen atoms in total. The van der Waals surface area contributed by atoms with Gasteiger partial charge in [-0.3, -0.25) is 14.9 Å². The quantitative estimate of drug-likeness (QED) is 0.462. The van der Waals surface area contributed by atoms with E-state index in [1.807, 2.05) is 0 Å². The average molecular weight is 251 g/mol. The highest BCUT2D eigenvalue weighted by Crippen LogP contribution is 2.34. The second-order valence-corrected chi connectivity index (χ2v) is 4.26. The topological polar surface area (TPSA) is 110 Å². The van der Waals surface area contributed by atoms with Crippen molar-refractivity contribution in [1.82, 2.24) is 0 Å². The zero-order valence-corrected chi connectivity index (χ0v) is 9.57. The Balaban J connectivity index is 2.39. The molecule has 1 saturated heterocycles. The van der Waals surface area contributed by atoms with E-state index < -0.39 is 4.92 Å². The highest BCUT2D eigenvalue weighted by molar-refractivity contribution is 5.98. The Labute approximate surface area is 103 Å². The van der Waals surface area contributed by atoms with Crippen LogP contribution >= 0.6 is 0 Å². The minimum absolute atomic E-state index is 0.106. The fourth-order valence-corrected chi connectivity index (χ4v) is 2.05. The number of aliphatic hydroxyl groups is 1. The van der Waals surface area contributed by atoms with Crippen LogP contribution in [-0.4, -0.2) is 29.1 Å². The maximum atomic E-state index is 11.8. The molecule has 1 atom stereocenters. The van der Waals surface area contributed by atoms with Gasteiger partial charge in [-0.25, -0.2) is 0 Å². The minimum atomic E-state index is -0.564. The summed E-state index contributed by atoms with van der Waals surface area (Å²) in [4.78, 5) is 23.5. The molecule has 1 aliphatic heterocycles. The van der Waals surface area contributed by atoms with Gasteiger partial charge in [0, 0.05) is 37.2 Å². The van der Waals surface area contributed by atoms with E-state index in [9.17, 15) is 14.9 Å². The smallest absolute Gasteiger partial charge is 0.295 e. The first-order chi connectivity index (χ1) is 8.52. The van der Waals surface area contributed by atoms with Crippen LogP contribution in [0, 0.1) is 16.0 Å². The number of hydrogen-bond donors (Lipinski definition) is 2. The number of nitrogens with zero attached hydrogens (tertiary/aromatic N) is 2. The number of carbonyl (C=O) groups is 1. The molecule has 3 N–H and O–H groups in total. The highest BCUT2D eigenvalue weighted by Gasteiger charge is 2.33. The second-order valence-electron chi connectivity index (χ2n) is 4.26. The standard InChI is InChI=1S/C11H13N3O4/c12-8-1-2-9(10(4-8)14(17)18)13-5-7(6-15)3-11(13)16/h1-2,4,7,15H,3,5-6,12H2. The maximum absolute atomic E-state index is 11.8. The molecule has 0 aromatic heterocycles. The number of nitro groups is 1. The van der Waals surface area contributed by atoms with Gasteiger partial charge in [-0.05, 0) is 12.1 Å².